The molecular weight excluding hydrogens is 446 g/mol. The largest absolute Gasteiger partial charge is 0.363 e. The Bertz CT molecular complexity index is 1270. The van der Waals surface area contributed by atoms with Crippen molar-refractivity contribution in [2.45, 2.75) is 6.92 Å². The van der Waals surface area contributed by atoms with Crippen LogP contribution in [0.3, 0.4) is 0 Å². The molecule has 10 nitrogen and oxygen atoms in total. The molecule has 0 aliphatic carbocycles. The topological polar surface area (TPSA) is 99.0 Å². The molecule has 182 valence electrons. The minimum atomic E-state index is -0.385. The predicted octanol–water partition coefficient (Wildman–Crippen LogP) is 2.56. The zero-order valence-electron chi connectivity index (χ0n) is 20.1. The summed E-state index contributed by atoms with van der Waals surface area (Å²) in [6.07, 6.45) is 0. The maximum Gasteiger partial charge on any atom is 0.293 e. The van der Waals surface area contributed by atoms with Gasteiger partial charge < -0.3 is 19.6 Å². The van der Waals surface area contributed by atoms with E-state index in [-0.39, 0.29) is 16.5 Å². The Labute approximate surface area is 203 Å². The number of carbonyl (C=O) groups excluding carboxylic acids is 1. The third kappa shape index (κ3) is 4.61. The van der Waals surface area contributed by atoms with Crippen LogP contribution < -0.4 is 9.80 Å². The van der Waals surface area contributed by atoms with Crippen LogP contribution in [0.25, 0.3) is 11.0 Å². The summed E-state index contributed by atoms with van der Waals surface area (Å²) in [6, 6.07) is 12.7. The number of aromatic nitrogens is 2. The second-order valence-electron chi connectivity index (χ2n) is 9.15. The number of rotatable bonds is 4. The van der Waals surface area contributed by atoms with Crippen molar-refractivity contribution >= 4 is 34.1 Å². The number of nitro benzene ring substituents is 1. The first-order valence-electron chi connectivity index (χ1n) is 11.9. The maximum atomic E-state index is 13.2. The zero-order valence-corrected chi connectivity index (χ0v) is 20.1. The smallest absolute Gasteiger partial charge is 0.293 e. The molecule has 1 aromatic heterocycles. The molecule has 35 heavy (non-hydrogen) atoms. The summed E-state index contributed by atoms with van der Waals surface area (Å²) in [7, 11) is 2.04. The lowest BCUT2D eigenvalue weighted by molar-refractivity contribution is -0.384. The van der Waals surface area contributed by atoms with Gasteiger partial charge in [0.25, 0.3) is 11.6 Å². The quantitative estimate of drug-likeness (QED) is 0.419. The van der Waals surface area contributed by atoms with Crippen LogP contribution in [0.4, 0.5) is 17.2 Å². The molecule has 2 aliphatic heterocycles. The number of piperazine rings is 2. The van der Waals surface area contributed by atoms with E-state index in [2.05, 4.69) is 14.8 Å². The first-order valence-corrected chi connectivity index (χ1v) is 11.9. The normalized spacial score (nSPS) is 17.1. The number of carbonyl (C=O) groups is 1. The van der Waals surface area contributed by atoms with Gasteiger partial charge in [0, 0.05) is 64.0 Å². The summed E-state index contributed by atoms with van der Waals surface area (Å²) >= 11 is 0. The number of likely N-dealkylation sites (N-methyl/N-ethyl adjacent to an activating group) is 1. The van der Waals surface area contributed by atoms with Crippen LogP contribution >= 0.6 is 0 Å². The summed E-state index contributed by atoms with van der Waals surface area (Å²) < 4.78 is 0. The molecular formula is C25H29N7O3. The van der Waals surface area contributed by atoms with Crippen molar-refractivity contribution in [1.29, 1.82) is 0 Å². The number of hydrogen-bond donors (Lipinski definition) is 0. The van der Waals surface area contributed by atoms with E-state index in [0.717, 1.165) is 48.7 Å². The van der Waals surface area contributed by atoms with Crippen LogP contribution in [0.5, 0.6) is 0 Å². The number of aryl methyl sites for hydroxylation is 1. The van der Waals surface area contributed by atoms with Gasteiger partial charge in [-0.1, -0.05) is 12.1 Å². The third-order valence-electron chi connectivity index (χ3n) is 6.85. The predicted molar refractivity (Wildman–Crippen MR) is 135 cm³/mol. The molecule has 0 atom stereocenters. The highest BCUT2D eigenvalue weighted by Gasteiger charge is 2.28. The van der Waals surface area contributed by atoms with Gasteiger partial charge in [-0.2, -0.15) is 0 Å². The lowest BCUT2D eigenvalue weighted by Crippen LogP contribution is -2.49. The molecule has 0 unspecified atom stereocenters. The van der Waals surface area contributed by atoms with Crippen LogP contribution in [0.15, 0.2) is 42.5 Å². The van der Waals surface area contributed by atoms with Crippen LogP contribution in [0.2, 0.25) is 0 Å². The van der Waals surface area contributed by atoms with Gasteiger partial charge in [0.1, 0.15) is 5.69 Å². The number of benzene rings is 2. The summed E-state index contributed by atoms with van der Waals surface area (Å²) in [5, 5.41) is 11.8. The summed E-state index contributed by atoms with van der Waals surface area (Å²) in [6.45, 7) is 7.39. The van der Waals surface area contributed by atoms with E-state index in [0.29, 0.717) is 37.4 Å². The van der Waals surface area contributed by atoms with Gasteiger partial charge in [-0.3, -0.25) is 14.9 Å². The van der Waals surface area contributed by atoms with Crippen molar-refractivity contribution in [3.05, 3.63) is 63.8 Å². The van der Waals surface area contributed by atoms with Crippen molar-refractivity contribution in [3.8, 4) is 0 Å². The number of anilines is 2. The van der Waals surface area contributed by atoms with E-state index >= 15 is 0 Å². The van der Waals surface area contributed by atoms with E-state index in [9.17, 15) is 14.9 Å². The van der Waals surface area contributed by atoms with Crippen LogP contribution in [-0.4, -0.2) is 90.0 Å². The molecule has 2 saturated heterocycles. The van der Waals surface area contributed by atoms with Gasteiger partial charge in [-0.15, -0.1) is 0 Å². The van der Waals surface area contributed by atoms with Crippen molar-refractivity contribution in [3.63, 3.8) is 0 Å². The summed E-state index contributed by atoms with van der Waals surface area (Å²) in [5.74, 6) is 0.655. The number of nitro groups is 1. The first-order chi connectivity index (χ1) is 16.9. The zero-order chi connectivity index (χ0) is 24.5. The highest BCUT2D eigenvalue weighted by Crippen LogP contribution is 2.31. The average molecular weight is 476 g/mol. The fraction of sp³-hybridized carbons (Fsp3) is 0.400. The second kappa shape index (κ2) is 9.46. The highest BCUT2D eigenvalue weighted by molar-refractivity contribution is 5.96. The van der Waals surface area contributed by atoms with Crippen molar-refractivity contribution < 1.29 is 9.72 Å². The molecule has 10 heteroatoms. The van der Waals surface area contributed by atoms with Gasteiger partial charge in [-0.25, -0.2) is 9.97 Å². The molecule has 3 heterocycles. The summed E-state index contributed by atoms with van der Waals surface area (Å²) in [5.41, 5.74) is 3.49. The minimum absolute atomic E-state index is 0.0129. The molecule has 0 N–H and O–H groups in total. The van der Waals surface area contributed by atoms with E-state index in [1.54, 1.807) is 17.0 Å². The molecule has 0 spiro atoms. The highest BCUT2D eigenvalue weighted by atomic mass is 16.6. The number of nitrogens with zero attached hydrogens (tertiary/aromatic N) is 7. The first kappa shape index (κ1) is 23.0. The Hall–Kier alpha value is -3.79. The summed E-state index contributed by atoms with van der Waals surface area (Å²) in [4.78, 5) is 42.3. The molecule has 3 aromatic rings. The molecule has 5 rings (SSSR count). The van der Waals surface area contributed by atoms with Gasteiger partial charge in [0.2, 0.25) is 0 Å². The molecule has 2 aromatic carbocycles. The van der Waals surface area contributed by atoms with Crippen LogP contribution in [0.1, 0.15) is 16.1 Å². The maximum absolute atomic E-state index is 13.2. The number of amides is 1. The van der Waals surface area contributed by atoms with E-state index in [1.807, 2.05) is 43.1 Å². The number of fused-ring (bicyclic) bond motifs is 1. The van der Waals surface area contributed by atoms with Crippen molar-refractivity contribution in [2.75, 3.05) is 69.2 Å². The van der Waals surface area contributed by atoms with Gasteiger partial charge in [-0.05, 0) is 38.2 Å². The van der Waals surface area contributed by atoms with Crippen LogP contribution in [-0.2, 0) is 0 Å². The Morgan fingerprint density at radius 3 is 2.17 bits per heavy atom. The number of hydrogen-bond acceptors (Lipinski definition) is 8. The molecule has 2 fully saturated rings. The lowest BCUT2D eigenvalue weighted by Gasteiger charge is -2.36. The minimum Gasteiger partial charge on any atom is -0.363 e. The second-order valence-corrected chi connectivity index (χ2v) is 9.15. The van der Waals surface area contributed by atoms with Crippen LogP contribution in [0, 0.1) is 17.0 Å². The molecule has 0 saturated carbocycles. The Morgan fingerprint density at radius 1 is 0.886 bits per heavy atom. The van der Waals surface area contributed by atoms with E-state index in [1.165, 1.54) is 6.07 Å². The lowest BCUT2D eigenvalue weighted by atomic mass is 10.1. The van der Waals surface area contributed by atoms with Gasteiger partial charge in [0.15, 0.2) is 5.82 Å². The average Bonchev–Trinajstić information content (AvgIpc) is 2.88. The monoisotopic (exact) mass is 475 g/mol. The van der Waals surface area contributed by atoms with Gasteiger partial charge >= 0.3 is 0 Å². The molecule has 0 bridgehead atoms. The van der Waals surface area contributed by atoms with E-state index in [4.69, 9.17) is 4.98 Å². The Morgan fingerprint density at radius 2 is 1.51 bits per heavy atom. The van der Waals surface area contributed by atoms with E-state index < -0.39 is 0 Å². The molecule has 2 aliphatic rings. The fourth-order valence-electron chi connectivity index (χ4n) is 4.80. The standard InChI is InChI=1S/C25H29N7O3/c1-18-24(27-21-6-4-3-5-20(21)26-18)30-13-15-31(16-14-30)25(33)19-7-8-22(23(17-19)32(34)35)29-11-9-28(2)10-12-29/h3-8,17H,9-16H2,1-2H3. The Kier molecular flexibility index (Phi) is 6.21. The van der Waals surface area contributed by atoms with Crippen molar-refractivity contribution in [1.82, 2.24) is 19.8 Å². The van der Waals surface area contributed by atoms with Crippen molar-refractivity contribution in [2.24, 2.45) is 0 Å². The fourth-order valence-corrected chi connectivity index (χ4v) is 4.80. The SMILES string of the molecule is Cc1nc2ccccc2nc1N1CCN(C(=O)c2ccc(N3CCN(C)CC3)c([N+](=O)[O-])c2)CC1. The third-order valence-corrected chi connectivity index (χ3v) is 6.85. The van der Waals surface area contributed by atoms with Gasteiger partial charge in [0.05, 0.1) is 21.7 Å². The molecule has 0 radical (unpaired) electrons. The number of para-hydroxylation sites is 2. The Balaban J connectivity index is 1.30. The molecule has 1 amide bonds.